The first kappa shape index (κ1) is 14.2. The third-order valence-corrected chi connectivity index (χ3v) is 3.13. The lowest BCUT2D eigenvalue weighted by Gasteiger charge is -2.02. The highest BCUT2D eigenvalue weighted by molar-refractivity contribution is 9.10. The van der Waals surface area contributed by atoms with E-state index in [4.69, 9.17) is 4.74 Å². The van der Waals surface area contributed by atoms with Gasteiger partial charge in [0.1, 0.15) is 16.8 Å². The van der Waals surface area contributed by atoms with Gasteiger partial charge in [-0.1, -0.05) is 12.1 Å². The average molecular weight is 340 g/mol. The molecule has 2 rings (SSSR count). The summed E-state index contributed by atoms with van der Waals surface area (Å²) in [6.07, 6.45) is 1.40. The van der Waals surface area contributed by atoms with Gasteiger partial charge >= 0.3 is 5.82 Å². The number of carbonyl (C=O) groups excluding carboxylic acids is 1. The van der Waals surface area contributed by atoms with Gasteiger partial charge < -0.3 is 14.9 Å². The summed E-state index contributed by atoms with van der Waals surface area (Å²) in [6, 6.07) is 6.69. The Bertz CT molecular complexity index is 668. The van der Waals surface area contributed by atoms with Crippen molar-refractivity contribution >= 4 is 27.5 Å². The number of nitro groups is 1. The molecule has 0 aliphatic heterocycles. The van der Waals surface area contributed by atoms with Crippen molar-refractivity contribution < 1.29 is 14.5 Å². The minimum Gasteiger partial charge on any atom is -0.497 e. The van der Waals surface area contributed by atoms with E-state index in [0.717, 1.165) is 0 Å². The van der Waals surface area contributed by atoms with E-state index in [0.29, 0.717) is 11.3 Å². The molecular formula is C12H10BrN3O4. The zero-order valence-electron chi connectivity index (χ0n) is 10.4. The van der Waals surface area contributed by atoms with Gasteiger partial charge in [-0.05, 0) is 33.0 Å². The van der Waals surface area contributed by atoms with Crippen molar-refractivity contribution in [1.82, 2.24) is 9.78 Å². The fraction of sp³-hybridized carbons (Fsp3) is 0.167. The van der Waals surface area contributed by atoms with Crippen LogP contribution in [0.5, 0.6) is 5.75 Å². The molecule has 0 bridgehead atoms. The van der Waals surface area contributed by atoms with Crippen molar-refractivity contribution in [1.29, 1.82) is 0 Å². The molecule has 1 heterocycles. The second kappa shape index (κ2) is 5.83. The van der Waals surface area contributed by atoms with Crippen LogP contribution in [0.3, 0.4) is 0 Å². The Morgan fingerprint density at radius 2 is 2.30 bits per heavy atom. The van der Waals surface area contributed by atoms with E-state index < -0.39 is 4.92 Å². The highest BCUT2D eigenvalue weighted by atomic mass is 79.9. The van der Waals surface area contributed by atoms with Crippen LogP contribution in [-0.2, 0) is 6.54 Å². The molecule has 0 spiro atoms. The van der Waals surface area contributed by atoms with Gasteiger partial charge in [-0.25, -0.2) is 0 Å². The predicted molar refractivity (Wildman–Crippen MR) is 73.9 cm³/mol. The molecule has 7 nitrogen and oxygen atoms in total. The predicted octanol–water partition coefficient (Wildman–Crippen LogP) is 2.45. The quantitative estimate of drug-likeness (QED) is 0.474. The summed E-state index contributed by atoms with van der Waals surface area (Å²) in [7, 11) is 1.51. The Labute approximate surface area is 122 Å². The minimum atomic E-state index is -0.614. The van der Waals surface area contributed by atoms with Crippen molar-refractivity contribution in [2.45, 2.75) is 6.54 Å². The number of hydrogen-bond acceptors (Lipinski definition) is 5. The molecule has 0 fully saturated rings. The van der Waals surface area contributed by atoms with Crippen LogP contribution in [0.15, 0.2) is 34.9 Å². The normalized spacial score (nSPS) is 10.3. The van der Waals surface area contributed by atoms with Crippen molar-refractivity contribution in [2.24, 2.45) is 0 Å². The maximum atomic E-state index is 12.1. The molecule has 20 heavy (non-hydrogen) atoms. The van der Waals surface area contributed by atoms with Crippen molar-refractivity contribution in [3.63, 3.8) is 0 Å². The molecule has 0 aliphatic rings. The van der Waals surface area contributed by atoms with E-state index in [1.807, 2.05) is 0 Å². The van der Waals surface area contributed by atoms with Crippen LogP contribution in [0, 0.1) is 10.1 Å². The van der Waals surface area contributed by atoms with Crippen LogP contribution in [0.1, 0.15) is 10.4 Å². The number of ether oxygens (including phenoxy) is 1. The topological polar surface area (TPSA) is 87.3 Å². The highest BCUT2D eigenvalue weighted by Crippen LogP contribution is 2.22. The Morgan fingerprint density at radius 1 is 1.55 bits per heavy atom. The summed E-state index contributed by atoms with van der Waals surface area (Å²) in [5.74, 6) is 0.0423. The maximum absolute atomic E-state index is 12.1. The summed E-state index contributed by atoms with van der Waals surface area (Å²) in [6.45, 7) is -0.0837. The van der Waals surface area contributed by atoms with Gasteiger partial charge in [-0.3, -0.25) is 4.79 Å². The first-order chi connectivity index (χ1) is 9.51. The second-order valence-electron chi connectivity index (χ2n) is 3.91. The lowest BCUT2D eigenvalue weighted by Crippen LogP contribution is -2.11. The molecule has 0 saturated heterocycles. The van der Waals surface area contributed by atoms with E-state index in [-0.39, 0.29) is 22.6 Å². The van der Waals surface area contributed by atoms with Gasteiger partial charge in [0.05, 0.1) is 18.4 Å². The third kappa shape index (κ3) is 3.02. The van der Waals surface area contributed by atoms with Gasteiger partial charge in [0.25, 0.3) is 0 Å². The standard InChI is InChI=1S/C12H10BrN3O4/c1-20-9-4-2-3-8(5-9)11(17)7-15-6-10(13)12(14-15)16(18)19/h2-6H,7H2,1H3. The maximum Gasteiger partial charge on any atom is 0.404 e. The fourth-order valence-electron chi connectivity index (χ4n) is 1.63. The molecule has 0 amide bonds. The number of benzene rings is 1. The number of hydrogen-bond donors (Lipinski definition) is 0. The molecule has 0 atom stereocenters. The number of Topliss-reactive ketones (excluding diaryl/α,β-unsaturated/α-hetero) is 1. The molecule has 2 aromatic rings. The monoisotopic (exact) mass is 339 g/mol. The summed E-state index contributed by atoms with van der Waals surface area (Å²) in [5, 5.41) is 14.4. The number of aromatic nitrogens is 2. The molecule has 0 N–H and O–H groups in total. The van der Waals surface area contributed by atoms with Crippen LogP contribution in [0.2, 0.25) is 0 Å². The lowest BCUT2D eigenvalue weighted by molar-refractivity contribution is -0.390. The van der Waals surface area contributed by atoms with Gasteiger partial charge in [-0.15, -0.1) is 0 Å². The molecule has 104 valence electrons. The molecule has 1 aromatic carbocycles. The van der Waals surface area contributed by atoms with Gasteiger partial charge in [0.2, 0.25) is 0 Å². The summed E-state index contributed by atoms with van der Waals surface area (Å²) < 4.78 is 6.50. The van der Waals surface area contributed by atoms with Crippen LogP contribution >= 0.6 is 15.9 Å². The van der Waals surface area contributed by atoms with Crippen molar-refractivity contribution in [3.8, 4) is 5.75 Å². The van der Waals surface area contributed by atoms with Crippen LogP contribution in [0.4, 0.5) is 5.82 Å². The molecule has 0 unspecified atom stereocenters. The largest absolute Gasteiger partial charge is 0.497 e. The smallest absolute Gasteiger partial charge is 0.404 e. The van der Waals surface area contributed by atoms with E-state index >= 15 is 0 Å². The van der Waals surface area contributed by atoms with Gasteiger partial charge in [0.15, 0.2) is 5.78 Å². The van der Waals surface area contributed by atoms with Gasteiger partial charge in [0, 0.05) is 5.56 Å². The lowest BCUT2D eigenvalue weighted by atomic mass is 10.1. The fourth-order valence-corrected chi connectivity index (χ4v) is 2.09. The number of nitrogens with zero attached hydrogens (tertiary/aromatic N) is 3. The Hall–Kier alpha value is -2.22. The first-order valence-corrected chi connectivity index (χ1v) is 6.35. The number of rotatable bonds is 5. The molecule has 1 aromatic heterocycles. The Kier molecular flexibility index (Phi) is 4.14. The zero-order valence-corrected chi connectivity index (χ0v) is 12.0. The van der Waals surface area contributed by atoms with Crippen molar-refractivity contribution in [2.75, 3.05) is 7.11 Å². The third-order valence-electron chi connectivity index (χ3n) is 2.57. The zero-order chi connectivity index (χ0) is 14.7. The van der Waals surface area contributed by atoms with E-state index in [1.165, 1.54) is 18.0 Å². The molecule has 0 aliphatic carbocycles. The van der Waals surface area contributed by atoms with Gasteiger partial charge in [-0.2, -0.15) is 4.68 Å². The van der Waals surface area contributed by atoms with E-state index in [1.54, 1.807) is 24.3 Å². The van der Waals surface area contributed by atoms with Crippen LogP contribution < -0.4 is 4.74 Å². The van der Waals surface area contributed by atoms with E-state index in [2.05, 4.69) is 21.0 Å². The first-order valence-electron chi connectivity index (χ1n) is 5.56. The van der Waals surface area contributed by atoms with Crippen LogP contribution in [-0.4, -0.2) is 27.6 Å². The Balaban J connectivity index is 2.19. The number of carbonyl (C=O) groups is 1. The summed E-state index contributed by atoms with van der Waals surface area (Å²) in [5.41, 5.74) is 0.457. The average Bonchev–Trinajstić information content (AvgIpc) is 2.79. The Morgan fingerprint density at radius 3 is 2.90 bits per heavy atom. The van der Waals surface area contributed by atoms with Crippen molar-refractivity contribution in [3.05, 3.63) is 50.6 Å². The number of ketones is 1. The highest BCUT2D eigenvalue weighted by Gasteiger charge is 2.20. The minimum absolute atomic E-state index is 0.0837. The summed E-state index contributed by atoms with van der Waals surface area (Å²) in [4.78, 5) is 22.1. The van der Waals surface area contributed by atoms with Crippen LogP contribution in [0.25, 0.3) is 0 Å². The molecule has 0 saturated carbocycles. The summed E-state index contributed by atoms with van der Waals surface area (Å²) >= 11 is 3.03. The number of halogens is 1. The molecule has 8 heteroatoms. The molecule has 0 radical (unpaired) electrons. The number of methoxy groups -OCH3 is 1. The SMILES string of the molecule is COc1cccc(C(=O)Cn2cc(Br)c([N+](=O)[O-])n2)c1. The second-order valence-corrected chi connectivity index (χ2v) is 4.76. The molecular weight excluding hydrogens is 330 g/mol. The van der Waals surface area contributed by atoms with E-state index in [9.17, 15) is 14.9 Å².